The Morgan fingerprint density at radius 1 is 1.13 bits per heavy atom. The van der Waals surface area contributed by atoms with Crippen LogP contribution >= 0.6 is 0 Å². The Balaban J connectivity index is 1.84. The average molecular weight is 335 g/mol. The van der Waals surface area contributed by atoms with Gasteiger partial charge < -0.3 is 4.74 Å². The van der Waals surface area contributed by atoms with Crippen LogP contribution in [0.3, 0.4) is 0 Å². The number of hydrogen-bond donors (Lipinski definition) is 1. The summed E-state index contributed by atoms with van der Waals surface area (Å²) in [6.07, 6.45) is 8.83. The largest absolute Gasteiger partial charge is 0.492 e. The molecule has 0 bridgehead atoms. The maximum Gasteiger partial charge on any atom is 0.267 e. The minimum Gasteiger partial charge on any atom is -0.492 e. The Bertz CT molecular complexity index is 711. The van der Waals surface area contributed by atoms with Crippen LogP contribution < -0.4 is 9.46 Å². The summed E-state index contributed by atoms with van der Waals surface area (Å²) in [7, 11) is -3.90. The lowest BCUT2D eigenvalue weighted by Gasteiger charge is -2.12. The summed E-state index contributed by atoms with van der Waals surface area (Å²) in [4.78, 5) is 12.2. The third kappa shape index (κ3) is 3.93. The first kappa shape index (κ1) is 16.1. The van der Waals surface area contributed by atoms with Crippen LogP contribution in [0.15, 0.2) is 41.3 Å². The molecule has 1 N–H and O–H groups in total. The second kappa shape index (κ2) is 6.74. The van der Waals surface area contributed by atoms with Crippen molar-refractivity contribution in [2.45, 2.75) is 37.0 Å². The van der Waals surface area contributed by atoms with Gasteiger partial charge in [-0.2, -0.15) is 0 Å². The van der Waals surface area contributed by atoms with Crippen molar-refractivity contribution in [1.82, 2.24) is 4.72 Å². The van der Waals surface area contributed by atoms with E-state index in [0.717, 1.165) is 32.1 Å². The van der Waals surface area contributed by atoms with Gasteiger partial charge in [0.05, 0.1) is 6.61 Å². The molecule has 1 aromatic carbocycles. The molecule has 1 aliphatic heterocycles. The van der Waals surface area contributed by atoms with Crippen LogP contribution in [0, 0.1) is 11.8 Å². The topological polar surface area (TPSA) is 72.5 Å². The highest BCUT2D eigenvalue weighted by Gasteiger charge is 2.42. The standard InChI is InChI=1S/C17H21NO4S/c19-17-14-12-13(14)8-4-2-1-3-7-11-22-15-9-5-6-10-16(15)23(20,21)18-17/h4-6,8-10,13-14H,1-3,7,11-12H2,(H,18,19)/b8-4-/t13-,14+/m1/s1. The third-order valence-corrected chi connectivity index (χ3v) is 5.59. The van der Waals surface area contributed by atoms with E-state index in [1.807, 2.05) is 6.08 Å². The van der Waals surface area contributed by atoms with Crippen molar-refractivity contribution in [1.29, 1.82) is 0 Å². The number of carbonyl (C=O) groups is 1. The van der Waals surface area contributed by atoms with Gasteiger partial charge >= 0.3 is 0 Å². The molecule has 2 aliphatic rings. The van der Waals surface area contributed by atoms with E-state index in [1.165, 1.54) is 6.07 Å². The number of fused-ring (bicyclic) bond motifs is 2. The molecule has 6 heteroatoms. The molecule has 0 unspecified atom stereocenters. The highest BCUT2D eigenvalue weighted by Crippen LogP contribution is 2.40. The Morgan fingerprint density at radius 3 is 2.83 bits per heavy atom. The fourth-order valence-corrected chi connectivity index (χ4v) is 3.95. The van der Waals surface area contributed by atoms with Crippen LogP contribution in [0.4, 0.5) is 0 Å². The lowest BCUT2D eigenvalue weighted by molar-refractivity contribution is -0.120. The summed E-state index contributed by atoms with van der Waals surface area (Å²) in [5.74, 6) is -0.196. The number of carbonyl (C=O) groups excluding carboxylic acids is 1. The van der Waals surface area contributed by atoms with E-state index >= 15 is 0 Å². The summed E-state index contributed by atoms with van der Waals surface area (Å²) >= 11 is 0. The number of amides is 1. The summed E-state index contributed by atoms with van der Waals surface area (Å²) in [5.41, 5.74) is 0. The molecule has 124 valence electrons. The summed E-state index contributed by atoms with van der Waals surface area (Å²) in [6.45, 7) is 0.468. The fraction of sp³-hybridized carbons (Fsp3) is 0.471. The Morgan fingerprint density at radius 2 is 1.96 bits per heavy atom. The second-order valence-electron chi connectivity index (χ2n) is 6.05. The predicted octanol–water partition coefficient (Wildman–Crippen LogP) is 2.64. The molecule has 0 spiro atoms. The molecule has 1 aromatic rings. The van der Waals surface area contributed by atoms with Crippen LogP contribution in [-0.4, -0.2) is 20.9 Å². The van der Waals surface area contributed by atoms with Gasteiger partial charge in [0.2, 0.25) is 5.91 Å². The number of sulfonamides is 1. The number of ether oxygens (including phenoxy) is 1. The zero-order chi connectivity index (χ0) is 16.3. The quantitative estimate of drug-likeness (QED) is 0.740. The van der Waals surface area contributed by atoms with E-state index in [2.05, 4.69) is 10.8 Å². The molecule has 23 heavy (non-hydrogen) atoms. The molecule has 1 heterocycles. The van der Waals surface area contributed by atoms with Gasteiger partial charge in [0.15, 0.2) is 0 Å². The molecule has 1 saturated carbocycles. The first-order valence-electron chi connectivity index (χ1n) is 8.03. The van der Waals surface area contributed by atoms with E-state index < -0.39 is 15.9 Å². The number of para-hydroxylation sites is 1. The van der Waals surface area contributed by atoms with Crippen LogP contribution in [0.1, 0.15) is 32.1 Å². The zero-order valence-corrected chi connectivity index (χ0v) is 13.7. The number of benzene rings is 1. The van der Waals surface area contributed by atoms with E-state index in [-0.39, 0.29) is 16.7 Å². The van der Waals surface area contributed by atoms with Crippen molar-refractivity contribution in [3.05, 3.63) is 36.4 Å². The molecule has 3 rings (SSSR count). The molecular weight excluding hydrogens is 314 g/mol. The van der Waals surface area contributed by atoms with Gasteiger partial charge in [-0.05, 0) is 50.2 Å². The van der Waals surface area contributed by atoms with Crippen molar-refractivity contribution < 1.29 is 17.9 Å². The highest BCUT2D eigenvalue weighted by atomic mass is 32.2. The molecule has 1 aliphatic carbocycles. The molecule has 1 amide bonds. The Kier molecular flexibility index (Phi) is 4.71. The van der Waals surface area contributed by atoms with E-state index in [9.17, 15) is 13.2 Å². The van der Waals surface area contributed by atoms with E-state index in [4.69, 9.17) is 4.74 Å². The van der Waals surface area contributed by atoms with Gasteiger partial charge in [-0.25, -0.2) is 13.1 Å². The number of rotatable bonds is 0. The Hall–Kier alpha value is -1.82. The SMILES string of the molecule is O=C1NS(=O)(=O)c2ccccc2OCCCCC/C=C\[C@@H]2C[C@H]12. The minimum atomic E-state index is -3.90. The summed E-state index contributed by atoms with van der Waals surface area (Å²) < 4.78 is 32.8. The fourth-order valence-electron chi connectivity index (χ4n) is 2.78. The maximum atomic E-state index is 12.5. The molecule has 5 nitrogen and oxygen atoms in total. The third-order valence-electron chi connectivity index (χ3n) is 4.21. The first-order valence-corrected chi connectivity index (χ1v) is 9.51. The molecule has 2 atom stereocenters. The highest BCUT2D eigenvalue weighted by molar-refractivity contribution is 7.90. The normalized spacial score (nSPS) is 28.8. The van der Waals surface area contributed by atoms with Crippen LogP contribution in [0.5, 0.6) is 5.75 Å². The van der Waals surface area contributed by atoms with Gasteiger partial charge in [0.25, 0.3) is 10.0 Å². The Labute approximate surface area is 136 Å². The van der Waals surface area contributed by atoms with Gasteiger partial charge in [0, 0.05) is 5.92 Å². The molecule has 1 fully saturated rings. The molecule has 0 aromatic heterocycles. The molecular formula is C17H21NO4S. The van der Waals surface area contributed by atoms with Crippen LogP contribution in [0.2, 0.25) is 0 Å². The monoisotopic (exact) mass is 335 g/mol. The minimum absolute atomic E-state index is 0.0240. The van der Waals surface area contributed by atoms with Crippen LogP contribution in [-0.2, 0) is 14.8 Å². The van der Waals surface area contributed by atoms with E-state index in [1.54, 1.807) is 18.2 Å². The van der Waals surface area contributed by atoms with Crippen molar-refractivity contribution in [2.24, 2.45) is 11.8 Å². The summed E-state index contributed by atoms with van der Waals surface area (Å²) in [5, 5.41) is 0. The first-order chi connectivity index (χ1) is 11.1. The lowest BCUT2D eigenvalue weighted by Crippen LogP contribution is -2.32. The molecule has 0 saturated heterocycles. The maximum absolute atomic E-state index is 12.5. The van der Waals surface area contributed by atoms with Gasteiger partial charge in [-0.15, -0.1) is 0 Å². The van der Waals surface area contributed by atoms with Gasteiger partial charge in [0.1, 0.15) is 10.6 Å². The lowest BCUT2D eigenvalue weighted by atomic mass is 10.1. The van der Waals surface area contributed by atoms with Gasteiger partial charge in [-0.3, -0.25) is 4.79 Å². The smallest absolute Gasteiger partial charge is 0.267 e. The number of hydrogen-bond acceptors (Lipinski definition) is 4. The zero-order valence-electron chi connectivity index (χ0n) is 12.9. The van der Waals surface area contributed by atoms with Crippen molar-refractivity contribution in [3.63, 3.8) is 0 Å². The van der Waals surface area contributed by atoms with Crippen molar-refractivity contribution >= 4 is 15.9 Å². The van der Waals surface area contributed by atoms with E-state index in [0.29, 0.717) is 12.4 Å². The van der Waals surface area contributed by atoms with Crippen molar-refractivity contribution in [2.75, 3.05) is 6.61 Å². The van der Waals surface area contributed by atoms with Gasteiger partial charge in [-0.1, -0.05) is 24.3 Å². The number of nitrogens with one attached hydrogen (secondary N) is 1. The summed E-state index contributed by atoms with van der Waals surface area (Å²) in [6, 6.07) is 6.44. The average Bonchev–Trinajstić information content (AvgIpc) is 3.29. The second-order valence-corrected chi connectivity index (χ2v) is 7.70. The van der Waals surface area contributed by atoms with Crippen LogP contribution in [0.25, 0.3) is 0 Å². The predicted molar refractivity (Wildman–Crippen MR) is 86.5 cm³/mol. The van der Waals surface area contributed by atoms with Crippen molar-refractivity contribution in [3.8, 4) is 5.75 Å². The number of allylic oxidation sites excluding steroid dienone is 2. The molecule has 0 radical (unpaired) electrons.